The monoisotopic (exact) mass is 445 g/mol. The van der Waals surface area contributed by atoms with Crippen molar-refractivity contribution in [1.29, 1.82) is 0 Å². The predicted molar refractivity (Wildman–Crippen MR) is 101 cm³/mol. The molecule has 0 bridgehead atoms. The van der Waals surface area contributed by atoms with Gasteiger partial charge in [0.1, 0.15) is 16.4 Å². The normalized spacial score (nSPS) is 11.8. The number of carbonyl (C=O) groups excluding carboxylic acids is 1. The molecule has 1 amide bonds. The number of amides is 1. The van der Waals surface area contributed by atoms with E-state index in [1.54, 1.807) is 27.0 Å². The van der Waals surface area contributed by atoms with Crippen molar-refractivity contribution in [2.24, 2.45) is 7.05 Å². The maximum atomic E-state index is 13.3. The number of carbonyl (C=O) groups is 1. The highest BCUT2D eigenvalue weighted by Crippen LogP contribution is 2.20. The molecule has 0 fully saturated rings. The predicted octanol–water partition coefficient (Wildman–Crippen LogP) is 2.89. The first-order valence-corrected chi connectivity index (χ1v) is 10.3. The summed E-state index contributed by atoms with van der Waals surface area (Å²) in [7, 11) is -2.03. The van der Waals surface area contributed by atoms with Crippen LogP contribution in [0.2, 0.25) is 0 Å². The van der Waals surface area contributed by atoms with Crippen LogP contribution < -0.4 is 5.32 Å². The van der Waals surface area contributed by atoms with E-state index in [1.165, 1.54) is 33.3 Å². The second kappa shape index (κ2) is 8.32. The molecule has 0 saturated heterocycles. The summed E-state index contributed by atoms with van der Waals surface area (Å²) < 4.78 is 41.9. The maximum absolute atomic E-state index is 13.3. The molecule has 0 spiro atoms. The molecule has 26 heavy (non-hydrogen) atoms. The van der Waals surface area contributed by atoms with Gasteiger partial charge < -0.3 is 9.88 Å². The molecule has 0 radical (unpaired) electrons. The van der Waals surface area contributed by atoms with Gasteiger partial charge in [-0.05, 0) is 29.8 Å². The molecule has 1 aromatic carbocycles. The van der Waals surface area contributed by atoms with Crippen LogP contribution in [0.1, 0.15) is 29.9 Å². The number of hydrogen-bond acceptors (Lipinski definition) is 3. The van der Waals surface area contributed by atoms with Gasteiger partial charge in [0.2, 0.25) is 10.0 Å². The molecule has 142 valence electrons. The third kappa shape index (κ3) is 4.33. The molecule has 0 unspecified atom stereocenters. The van der Waals surface area contributed by atoms with Crippen molar-refractivity contribution in [2.75, 3.05) is 13.1 Å². The average molecular weight is 446 g/mol. The summed E-state index contributed by atoms with van der Waals surface area (Å²) in [5, 5.41) is 2.68. The molecule has 1 N–H and O–H groups in total. The SMILES string of the molecule is CCN(CC)S(=O)(=O)c1cc(C(=O)NCc2cc(F)ccc2Br)n(C)c1. The zero-order chi connectivity index (χ0) is 19.5. The van der Waals surface area contributed by atoms with E-state index in [1.807, 2.05) is 0 Å². The van der Waals surface area contributed by atoms with Crippen molar-refractivity contribution < 1.29 is 17.6 Å². The van der Waals surface area contributed by atoms with Gasteiger partial charge in [0.15, 0.2) is 0 Å². The van der Waals surface area contributed by atoms with Crippen LogP contribution in [0.3, 0.4) is 0 Å². The van der Waals surface area contributed by atoms with E-state index in [2.05, 4.69) is 21.2 Å². The van der Waals surface area contributed by atoms with Crippen molar-refractivity contribution in [3.63, 3.8) is 0 Å². The lowest BCUT2D eigenvalue weighted by Gasteiger charge is -2.17. The van der Waals surface area contributed by atoms with Crippen LogP contribution in [0.5, 0.6) is 0 Å². The smallest absolute Gasteiger partial charge is 0.268 e. The summed E-state index contributed by atoms with van der Waals surface area (Å²) in [6.45, 7) is 4.33. The molecule has 0 aliphatic rings. The van der Waals surface area contributed by atoms with Crippen molar-refractivity contribution in [2.45, 2.75) is 25.3 Å². The highest BCUT2D eigenvalue weighted by atomic mass is 79.9. The average Bonchev–Trinajstić information content (AvgIpc) is 2.99. The Kier molecular flexibility index (Phi) is 6.59. The van der Waals surface area contributed by atoms with E-state index >= 15 is 0 Å². The molecule has 0 atom stereocenters. The molecule has 2 aromatic rings. The highest BCUT2D eigenvalue weighted by molar-refractivity contribution is 9.10. The molecular formula is C17H21BrFN3O3S. The molecule has 1 heterocycles. The van der Waals surface area contributed by atoms with E-state index in [0.717, 1.165) is 0 Å². The van der Waals surface area contributed by atoms with E-state index in [9.17, 15) is 17.6 Å². The van der Waals surface area contributed by atoms with Gasteiger partial charge >= 0.3 is 0 Å². The fourth-order valence-corrected chi connectivity index (χ4v) is 4.48. The lowest BCUT2D eigenvalue weighted by Crippen LogP contribution is -2.30. The van der Waals surface area contributed by atoms with E-state index < -0.39 is 21.7 Å². The van der Waals surface area contributed by atoms with Crippen molar-refractivity contribution in [3.05, 3.63) is 52.0 Å². The molecule has 6 nitrogen and oxygen atoms in total. The lowest BCUT2D eigenvalue weighted by molar-refractivity contribution is 0.0942. The Morgan fingerprint density at radius 1 is 1.27 bits per heavy atom. The zero-order valence-corrected chi connectivity index (χ0v) is 17.2. The number of aryl methyl sites for hydroxylation is 1. The molecule has 0 aliphatic carbocycles. The zero-order valence-electron chi connectivity index (χ0n) is 14.8. The summed E-state index contributed by atoms with van der Waals surface area (Å²) in [6.07, 6.45) is 1.42. The molecule has 0 aliphatic heterocycles. The molecule has 9 heteroatoms. The molecule has 1 aromatic heterocycles. The second-order valence-corrected chi connectivity index (χ2v) is 8.47. The summed E-state index contributed by atoms with van der Waals surface area (Å²) in [5.74, 6) is -0.839. The topological polar surface area (TPSA) is 71.4 Å². The summed E-state index contributed by atoms with van der Waals surface area (Å²) in [6, 6.07) is 5.56. The minimum absolute atomic E-state index is 0.0702. The quantitative estimate of drug-likeness (QED) is 0.711. The highest BCUT2D eigenvalue weighted by Gasteiger charge is 2.25. The third-order valence-electron chi connectivity index (χ3n) is 4.00. The second-order valence-electron chi connectivity index (χ2n) is 5.68. The van der Waals surface area contributed by atoms with Crippen molar-refractivity contribution in [1.82, 2.24) is 14.2 Å². The number of benzene rings is 1. The van der Waals surface area contributed by atoms with Crippen LogP contribution in [0.25, 0.3) is 0 Å². The number of aromatic nitrogens is 1. The van der Waals surface area contributed by atoms with Crippen LogP contribution >= 0.6 is 15.9 Å². The van der Waals surface area contributed by atoms with Gasteiger partial charge in [-0.25, -0.2) is 12.8 Å². The van der Waals surface area contributed by atoms with Gasteiger partial charge in [-0.15, -0.1) is 0 Å². The van der Waals surface area contributed by atoms with Gasteiger partial charge in [0, 0.05) is 37.4 Å². The number of hydrogen-bond donors (Lipinski definition) is 1. The molecule has 2 rings (SSSR count). The van der Waals surface area contributed by atoms with Crippen molar-refractivity contribution >= 4 is 31.9 Å². The Balaban J connectivity index is 2.20. The molecule has 0 saturated carbocycles. The van der Waals surface area contributed by atoms with Gasteiger partial charge in [0.05, 0.1) is 0 Å². The van der Waals surface area contributed by atoms with Gasteiger partial charge in [-0.2, -0.15) is 4.31 Å². The van der Waals surface area contributed by atoms with Crippen LogP contribution in [0.4, 0.5) is 4.39 Å². The standard InChI is InChI=1S/C17H21BrFN3O3S/c1-4-22(5-2)26(24,25)14-9-16(21(3)11-14)17(23)20-10-12-8-13(19)6-7-15(12)18/h6-9,11H,4-5,10H2,1-3H3,(H,20,23). The minimum Gasteiger partial charge on any atom is -0.347 e. The van der Waals surface area contributed by atoms with Crippen LogP contribution in [0, 0.1) is 5.82 Å². The summed E-state index contributed by atoms with van der Waals surface area (Å²) in [5.41, 5.74) is 0.798. The van der Waals surface area contributed by atoms with Crippen LogP contribution in [-0.4, -0.2) is 36.3 Å². The number of sulfonamides is 1. The fourth-order valence-electron chi connectivity index (χ4n) is 2.56. The fraction of sp³-hybridized carbons (Fsp3) is 0.353. The Bertz CT molecular complexity index is 908. The number of halogens is 2. The first kappa shape index (κ1) is 20.6. The van der Waals surface area contributed by atoms with Crippen LogP contribution in [0.15, 0.2) is 39.8 Å². The van der Waals surface area contributed by atoms with Gasteiger partial charge in [0.25, 0.3) is 5.91 Å². The first-order valence-electron chi connectivity index (χ1n) is 8.09. The molecular weight excluding hydrogens is 425 g/mol. The Hall–Kier alpha value is -1.71. The van der Waals surface area contributed by atoms with Gasteiger partial charge in [-0.1, -0.05) is 29.8 Å². The van der Waals surface area contributed by atoms with E-state index in [0.29, 0.717) is 23.1 Å². The lowest BCUT2D eigenvalue weighted by atomic mass is 10.2. The van der Waals surface area contributed by atoms with E-state index in [4.69, 9.17) is 0 Å². The minimum atomic E-state index is -3.64. The first-order chi connectivity index (χ1) is 12.2. The Morgan fingerprint density at radius 3 is 2.54 bits per heavy atom. The van der Waals surface area contributed by atoms with Crippen molar-refractivity contribution in [3.8, 4) is 0 Å². The number of nitrogens with one attached hydrogen (secondary N) is 1. The van der Waals surface area contributed by atoms with E-state index in [-0.39, 0.29) is 17.1 Å². The Morgan fingerprint density at radius 2 is 1.92 bits per heavy atom. The van der Waals surface area contributed by atoms with Gasteiger partial charge in [-0.3, -0.25) is 4.79 Å². The Labute approximate surface area is 161 Å². The van der Waals surface area contributed by atoms with Crippen LogP contribution in [-0.2, 0) is 23.6 Å². The summed E-state index contributed by atoms with van der Waals surface area (Å²) >= 11 is 3.31. The summed E-state index contributed by atoms with van der Waals surface area (Å²) in [4.78, 5) is 12.5. The maximum Gasteiger partial charge on any atom is 0.268 e. The number of nitrogens with zero attached hydrogens (tertiary/aromatic N) is 2. The third-order valence-corrected chi connectivity index (χ3v) is 6.79. The number of rotatable bonds is 7. The largest absolute Gasteiger partial charge is 0.347 e.